The molecular weight excluding hydrogens is 334 g/mol. The number of thiophene rings is 2. The quantitative estimate of drug-likeness (QED) is 0.586. The lowest BCUT2D eigenvalue weighted by Crippen LogP contribution is -2.57. The summed E-state index contributed by atoms with van der Waals surface area (Å²) in [6, 6.07) is 4.56. The molecule has 0 N–H and O–H groups in total. The zero-order valence-corrected chi connectivity index (χ0v) is 14.0. The van der Waals surface area contributed by atoms with Gasteiger partial charge in [-0.05, 0) is 37.4 Å². The molecule has 3 aliphatic rings. The standard InChI is InChI=1S/C16H13NO4S2/c1-17-8-2-4-16(17)13(20-14(18)15(19)21-16)9(6-8)11-7-12-10(23-11)3-5-22-12/h3,5,7-8H,2,4,6H2,1H3. The molecule has 5 rings (SSSR count). The molecule has 2 saturated heterocycles. The van der Waals surface area contributed by atoms with Crippen molar-refractivity contribution in [2.45, 2.75) is 31.0 Å². The van der Waals surface area contributed by atoms with Crippen LogP contribution in [0.1, 0.15) is 24.1 Å². The van der Waals surface area contributed by atoms with Crippen LogP contribution in [-0.4, -0.2) is 35.7 Å². The first-order valence-corrected chi connectivity index (χ1v) is 9.17. The number of fused-ring (bicyclic) bond motifs is 2. The van der Waals surface area contributed by atoms with E-state index in [-0.39, 0.29) is 0 Å². The molecule has 2 atom stereocenters. The first-order valence-electron chi connectivity index (χ1n) is 7.47. The molecule has 2 aromatic heterocycles. The van der Waals surface area contributed by atoms with Gasteiger partial charge in [-0.2, -0.15) is 0 Å². The molecule has 0 amide bonds. The second-order valence-corrected chi connectivity index (χ2v) is 8.17. The Morgan fingerprint density at radius 3 is 3.00 bits per heavy atom. The van der Waals surface area contributed by atoms with Crippen molar-refractivity contribution in [3.63, 3.8) is 0 Å². The van der Waals surface area contributed by atoms with Crippen LogP contribution in [0.5, 0.6) is 0 Å². The van der Waals surface area contributed by atoms with E-state index < -0.39 is 17.7 Å². The van der Waals surface area contributed by atoms with E-state index in [1.54, 1.807) is 22.7 Å². The van der Waals surface area contributed by atoms with Crippen LogP contribution in [0.4, 0.5) is 0 Å². The molecule has 2 unspecified atom stereocenters. The largest absolute Gasteiger partial charge is 0.427 e. The highest BCUT2D eigenvalue weighted by Gasteiger charge is 2.60. The van der Waals surface area contributed by atoms with Crippen LogP contribution in [0.3, 0.4) is 0 Å². The van der Waals surface area contributed by atoms with Crippen LogP contribution < -0.4 is 0 Å². The van der Waals surface area contributed by atoms with Crippen LogP contribution in [0.2, 0.25) is 0 Å². The van der Waals surface area contributed by atoms with Gasteiger partial charge in [-0.15, -0.1) is 22.7 Å². The lowest BCUT2D eigenvalue weighted by Gasteiger charge is -2.44. The summed E-state index contributed by atoms with van der Waals surface area (Å²) in [4.78, 5) is 26.7. The molecule has 0 saturated carbocycles. The van der Waals surface area contributed by atoms with Crippen molar-refractivity contribution in [2.75, 3.05) is 7.05 Å². The summed E-state index contributed by atoms with van der Waals surface area (Å²) in [6.45, 7) is 0. The molecule has 23 heavy (non-hydrogen) atoms. The second-order valence-electron chi connectivity index (χ2n) is 6.14. The Kier molecular flexibility index (Phi) is 2.64. The summed E-state index contributed by atoms with van der Waals surface area (Å²) in [5.74, 6) is -1.29. The van der Waals surface area contributed by atoms with E-state index >= 15 is 0 Å². The lowest BCUT2D eigenvalue weighted by molar-refractivity contribution is -0.204. The number of likely N-dealkylation sites (N-methyl/N-ethyl adjacent to an activating group) is 1. The summed E-state index contributed by atoms with van der Waals surface area (Å²) in [7, 11) is 1.94. The number of nitrogens with zero attached hydrogens (tertiary/aromatic N) is 1. The van der Waals surface area contributed by atoms with Gasteiger partial charge in [-0.1, -0.05) is 0 Å². The monoisotopic (exact) mass is 347 g/mol. The number of hydrogen-bond donors (Lipinski definition) is 0. The zero-order chi connectivity index (χ0) is 15.8. The van der Waals surface area contributed by atoms with Crippen molar-refractivity contribution < 1.29 is 19.1 Å². The molecule has 0 aliphatic carbocycles. The van der Waals surface area contributed by atoms with Gasteiger partial charge in [-0.3, -0.25) is 4.90 Å². The Hall–Kier alpha value is -1.70. The van der Waals surface area contributed by atoms with Crippen LogP contribution in [0.15, 0.2) is 23.3 Å². The fraction of sp³-hybridized carbons (Fsp3) is 0.375. The van der Waals surface area contributed by atoms with E-state index in [0.717, 1.165) is 23.3 Å². The predicted octanol–water partition coefficient (Wildman–Crippen LogP) is 2.97. The number of carbonyl (C=O) groups is 2. The van der Waals surface area contributed by atoms with E-state index in [2.05, 4.69) is 17.5 Å². The lowest BCUT2D eigenvalue weighted by atomic mass is 9.96. The van der Waals surface area contributed by atoms with Gasteiger partial charge in [0.15, 0.2) is 5.76 Å². The fourth-order valence-electron chi connectivity index (χ4n) is 3.87. The minimum atomic E-state index is -0.916. The smallest absolute Gasteiger partial charge is 0.422 e. The van der Waals surface area contributed by atoms with E-state index in [1.807, 2.05) is 11.9 Å². The Labute approximate surface area is 140 Å². The number of rotatable bonds is 1. The summed E-state index contributed by atoms with van der Waals surface area (Å²) in [5, 5.41) is 2.07. The molecule has 5 nitrogen and oxygen atoms in total. The molecule has 2 aromatic rings. The van der Waals surface area contributed by atoms with E-state index in [9.17, 15) is 9.59 Å². The summed E-state index contributed by atoms with van der Waals surface area (Å²) < 4.78 is 13.5. The van der Waals surface area contributed by atoms with Gasteiger partial charge in [0.25, 0.3) is 0 Å². The first-order chi connectivity index (χ1) is 11.1. The fourth-order valence-corrected chi connectivity index (χ4v) is 6.03. The first kappa shape index (κ1) is 13.7. The van der Waals surface area contributed by atoms with Gasteiger partial charge in [-0.25, -0.2) is 9.59 Å². The average Bonchev–Trinajstić information content (AvgIpc) is 3.15. The molecule has 0 aromatic carbocycles. The number of esters is 2. The van der Waals surface area contributed by atoms with Gasteiger partial charge in [0.1, 0.15) is 0 Å². The van der Waals surface area contributed by atoms with E-state index in [4.69, 9.17) is 9.47 Å². The van der Waals surface area contributed by atoms with Crippen LogP contribution >= 0.6 is 22.7 Å². The summed E-state index contributed by atoms with van der Waals surface area (Å²) in [6.07, 6.45) is 2.41. The van der Waals surface area contributed by atoms with Crippen molar-refractivity contribution >= 4 is 49.6 Å². The Bertz CT molecular complexity index is 866. The minimum absolute atomic E-state index is 0.304. The van der Waals surface area contributed by atoms with Gasteiger partial charge in [0.2, 0.25) is 5.72 Å². The van der Waals surface area contributed by atoms with E-state index in [1.165, 1.54) is 9.40 Å². The molecular formula is C16H13NO4S2. The van der Waals surface area contributed by atoms with Gasteiger partial charge in [0.05, 0.1) is 0 Å². The van der Waals surface area contributed by atoms with Crippen LogP contribution in [0.25, 0.3) is 15.0 Å². The molecule has 2 bridgehead atoms. The van der Waals surface area contributed by atoms with Crippen molar-refractivity contribution in [1.82, 2.24) is 4.90 Å². The van der Waals surface area contributed by atoms with Crippen LogP contribution in [-0.2, 0) is 19.1 Å². The Morgan fingerprint density at radius 1 is 1.30 bits per heavy atom. The molecule has 5 heterocycles. The van der Waals surface area contributed by atoms with Crippen LogP contribution in [0, 0.1) is 0 Å². The number of hydrogen-bond acceptors (Lipinski definition) is 7. The summed E-state index contributed by atoms with van der Waals surface area (Å²) >= 11 is 3.40. The third kappa shape index (κ3) is 1.70. The normalized spacial score (nSPS) is 30.6. The van der Waals surface area contributed by atoms with Crippen molar-refractivity contribution in [3.05, 3.63) is 28.1 Å². The summed E-state index contributed by atoms with van der Waals surface area (Å²) in [5.41, 5.74) is 0.112. The van der Waals surface area contributed by atoms with Gasteiger partial charge in [0, 0.05) is 32.3 Å². The molecule has 2 fully saturated rings. The molecule has 0 radical (unpaired) electrons. The number of carbonyl (C=O) groups excluding carboxylic acids is 2. The third-order valence-corrected chi connectivity index (χ3v) is 7.22. The maximum absolute atomic E-state index is 11.8. The minimum Gasteiger partial charge on any atom is -0.427 e. The highest BCUT2D eigenvalue weighted by molar-refractivity contribution is 7.27. The molecule has 1 spiro atoms. The molecule has 3 aliphatic heterocycles. The topological polar surface area (TPSA) is 55.8 Å². The van der Waals surface area contributed by atoms with Crippen molar-refractivity contribution in [3.8, 4) is 0 Å². The third-order valence-electron chi connectivity index (χ3n) is 5.06. The highest BCUT2D eigenvalue weighted by atomic mass is 32.1. The average molecular weight is 347 g/mol. The zero-order valence-electron chi connectivity index (χ0n) is 12.3. The molecule has 7 heteroatoms. The van der Waals surface area contributed by atoms with Gasteiger partial charge < -0.3 is 9.47 Å². The maximum atomic E-state index is 11.8. The van der Waals surface area contributed by atoms with E-state index in [0.29, 0.717) is 18.2 Å². The van der Waals surface area contributed by atoms with Crippen molar-refractivity contribution in [1.29, 1.82) is 0 Å². The highest BCUT2D eigenvalue weighted by Crippen LogP contribution is 2.52. The van der Waals surface area contributed by atoms with Gasteiger partial charge >= 0.3 is 11.9 Å². The molecule has 118 valence electrons. The predicted molar refractivity (Wildman–Crippen MR) is 86.9 cm³/mol. The maximum Gasteiger partial charge on any atom is 0.422 e. The van der Waals surface area contributed by atoms with Crippen molar-refractivity contribution in [2.24, 2.45) is 0 Å². The Morgan fingerprint density at radius 2 is 2.17 bits per heavy atom. The second kappa shape index (κ2) is 4.43. The Balaban J connectivity index is 1.72. The number of ether oxygens (including phenoxy) is 2. The SMILES string of the molecule is CN1C2CCC13OC(=O)C(=O)OC3=C(c1cc3sccc3s1)C2.